The van der Waals surface area contributed by atoms with Crippen molar-refractivity contribution in [1.82, 2.24) is 4.57 Å². The van der Waals surface area contributed by atoms with Crippen LogP contribution in [0.5, 0.6) is 0 Å². The van der Waals surface area contributed by atoms with Gasteiger partial charge in [-0.2, -0.15) is 0 Å². The minimum Gasteiger partial charge on any atom is -0.351 e. The molecule has 1 aromatic heterocycles. The Balaban J connectivity index is 2.01. The third kappa shape index (κ3) is 2.68. The minimum absolute atomic E-state index is 0.275. The normalized spacial score (nSPS) is 10.9. The van der Waals surface area contributed by atoms with E-state index in [-0.39, 0.29) is 5.91 Å². The molecule has 0 spiro atoms. The lowest BCUT2D eigenvalue weighted by Gasteiger charge is -2.10. The zero-order valence-electron chi connectivity index (χ0n) is 11.5. The summed E-state index contributed by atoms with van der Waals surface area (Å²) in [4.78, 5) is 12.6. The van der Waals surface area contributed by atoms with E-state index in [1.807, 2.05) is 36.0 Å². The fourth-order valence-electron chi connectivity index (χ4n) is 2.34. The number of nitrogens with one attached hydrogen (secondary N) is 1. The Hall–Kier alpha value is -1.68. The van der Waals surface area contributed by atoms with Crippen LogP contribution in [0.2, 0.25) is 15.1 Å². The summed E-state index contributed by atoms with van der Waals surface area (Å²) in [6.45, 7) is 0. The van der Waals surface area contributed by atoms with Crippen molar-refractivity contribution in [2.45, 2.75) is 0 Å². The molecular formula is C16H11Cl3N2O. The number of anilines is 1. The Morgan fingerprint density at radius 1 is 1.09 bits per heavy atom. The topological polar surface area (TPSA) is 34.0 Å². The largest absolute Gasteiger partial charge is 0.351 e. The molecule has 0 saturated heterocycles. The molecule has 3 nitrogen and oxygen atoms in total. The number of aryl methyl sites for hydroxylation is 1. The number of aromatic nitrogens is 1. The van der Waals surface area contributed by atoms with E-state index in [0.29, 0.717) is 26.3 Å². The summed E-state index contributed by atoms with van der Waals surface area (Å²) < 4.78 is 1.95. The summed E-state index contributed by atoms with van der Waals surface area (Å²) in [7, 11) is 1.93. The van der Waals surface area contributed by atoms with Crippen molar-refractivity contribution in [2.24, 2.45) is 7.05 Å². The van der Waals surface area contributed by atoms with Crippen LogP contribution in [0.3, 0.4) is 0 Å². The molecule has 3 aromatic rings. The van der Waals surface area contributed by atoms with Gasteiger partial charge in [0.1, 0.15) is 0 Å². The number of carbonyl (C=O) groups excluding carboxylic acids is 1. The first-order valence-electron chi connectivity index (χ1n) is 6.47. The molecule has 0 aliphatic rings. The van der Waals surface area contributed by atoms with Crippen LogP contribution in [-0.2, 0) is 7.05 Å². The van der Waals surface area contributed by atoms with Crippen LogP contribution in [0.25, 0.3) is 10.9 Å². The van der Waals surface area contributed by atoms with Gasteiger partial charge in [-0.3, -0.25) is 4.79 Å². The number of halogens is 3. The van der Waals surface area contributed by atoms with Crippen LogP contribution in [0.1, 0.15) is 10.4 Å². The molecule has 112 valence electrons. The predicted molar refractivity (Wildman–Crippen MR) is 92.3 cm³/mol. The highest BCUT2D eigenvalue weighted by Gasteiger charge is 2.15. The second kappa shape index (κ2) is 5.84. The van der Waals surface area contributed by atoms with Crippen LogP contribution in [0.4, 0.5) is 5.69 Å². The lowest BCUT2D eigenvalue weighted by Crippen LogP contribution is -2.13. The van der Waals surface area contributed by atoms with Gasteiger partial charge < -0.3 is 9.88 Å². The molecule has 1 N–H and O–H groups in total. The number of nitrogens with zero attached hydrogens (tertiary/aromatic N) is 1. The number of hydrogen-bond donors (Lipinski definition) is 1. The van der Waals surface area contributed by atoms with Gasteiger partial charge in [-0.25, -0.2) is 0 Å². The predicted octanol–water partition coefficient (Wildman–Crippen LogP) is 5.39. The highest BCUT2D eigenvalue weighted by Crippen LogP contribution is 2.34. The molecule has 0 fully saturated rings. The van der Waals surface area contributed by atoms with Gasteiger partial charge in [0.15, 0.2) is 0 Å². The fraction of sp³-hybridized carbons (Fsp3) is 0.0625. The van der Waals surface area contributed by atoms with Crippen molar-refractivity contribution in [3.8, 4) is 0 Å². The summed E-state index contributed by atoms with van der Waals surface area (Å²) in [6, 6.07) is 10.5. The van der Waals surface area contributed by atoms with E-state index in [4.69, 9.17) is 34.8 Å². The molecule has 0 atom stereocenters. The first kappa shape index (κ1) is 15.2. The summed E-state index contributed by atoms with van der Waals surface area (Å²) in [5.74, 6) is -0.275. The second-order valence-corrected chi connectivity index (χ2v) is 6.11. The van der Waals surface area contributed by atoms with E-state index in [0.717, 1.165) is 10.9 Å². The van der Waals surface area contributed by atoms with Gasteiger partial charge in [-0.15, -0.1) is 0 Å². The first-order chi connectivity index (χ1) is 10.5. The van der Waals surface area contributed by atoms with Gasteiger partial charge in [0.2, 0.25) is 0 Å². The lowest BCUT2D eigenvalue weighted by molar-refractivity contribution is 0.102. The third-order valence-electron chi connectivity index (χ3n) is 3.42. The van der Waals surface area contributed by atoms with Gasteiger partial charge in [-0.1, -0.05) is 40.9 Å². The van der Waals surface area contributed by atoms with Crippen LogP contribution in [0, 0.1) is 0 Å². The van der Waals surface area contributed by atoms with Gasteiger partial charge in [-0.05, 0) is 30.3 Å². The molecule has 1 heterocycles. The number of rotatable bonds is 2. The number of hydrogen-bond acceptors (Lipinski definition) is 1. The molecule has 2 aromatic carbocycles. The molecule has 1 amide bonds. The second-order valence-electron chi connectivity index (χ2n) is 4.86. The Kier molecular flexibility index (Phi) is 4.04. The number of carbonyl (C=O) groups is 1. The average Bonchev–Trinajstić information content (AvgIpc) is 2.84. The summed E-state index contributed by atoms with van der Waals surface area (Å²) in [5, 5.41) is 4.63. The number of fused-ring (bicyclic) bond motifs is 1. The van der Waals surface area contributed by atoms with Crippen molar-refractivity contribution in [3.05, 3.63) is 63.2 Å². The highest BCUT2D eigenvalue weighted by molar-refractivity contribution is 6.42. The molecule has 3 rings (SSSR count). The van der Waals surface area contributed by atoms with Crippen LogP contribution < -0.4 is 5.32 Å². The Morgan fingerprint density at radius 3 is 2.45 bits per heavy atom. The number of amides is 1. The molecule has 6 heteroatoms. The molecule has 0 bridgehead atoms. The highest BCUT2D eigenvalue weighted by atomic mass is 35.5. The van der Waals surface area contributed by atoms with E-state index < -0.39 is 0 Å². The molecule has 22 heavy (non-hydrogen) atoms. The SMILES string of the molecule is Cn1ccc2c(C(=O)Nc3c(Cl)cc(Cl)cc3Cl)cccc21. The maximum Gasteiger partial charge on any atom is 0.256 e. The molecule has 0 saturated carbocycles. The lowest BCUT2D eigenvalue weighted by atomic mass is 10.1. The van der Waals surface area contributed by atoms with E-state index >= 15 is 0 Å². The molecule has 0 aliphatic heterocycles. The summed E-state index contributed by atoms with van der Waals surface area (Å²) in [5.41, 5.74) is 1.88. The maximum atomic E-state index is 12.6. The smallest absolute Gasteiger partial charge is 0.256 e. The van der Waals surface area contributed by atoms with Crippen molar-refractivity contribution in [3.63, 3.8) is 0 Å². The van der Waals surface area contributed by atoms with Gasteiger partial charge in [0.25, 0.3) is 5.91 Å². The zero-order chi connectivity index (χ0) is 15.9. The Bertz CT molecular complexity index is 863. The average molecular weight is 354 g/mol. The van der Waals surface area contributed by atoms with Crippen LogP contribution in [0.15, 0.2) is 42.6 Å². The fourth-order valence-corrected chi connectivity index (χ4v) is 3.25. The van der Waals surface area contributed by atoms with Crippen molar-refractivity contribution in [2.75, 3.05) is 5.32 Å². The van der Waals surface area contributed by atoms with Crippen molar-refractivity contribution >= 4 is 57.3 Å². The van der Waals surface area contributed by atoms with E-state index in [1.54, 1.807) is 6.07 Å². The van der Waals surface area contributed by atoms with E-state index in [2.05, 4.69) is 5.32 Å². The third-order valence-corrected chi connectivity index (χ3v) is 4.23. The maximum absolute atomic E-state index is 12.6. The first-order valence-corrected chi connectivity index (χ1v) is 7.60. The molecule has 0 aliphatic carbocycles. The van der Waals surface area contributed by atoms with Crippen LogP contribution in [-0.4, -0.2) is 10.5 Å². The van der Waals surface area contributed by atoms with Crippen LogP contribution >= 0.6 is 34.8 Å². The molecule has 0 radical (unpaired) electrons. The zero-order valence-corrected chi connectivity index (χ0v) is 13.8. The monoisotopic (exact) mass is 352 g/mol. The van der Waals surface area contributed by atoms with Gasteiger partial charge in [0.05, 0.1) is 15.7 Å². The standard InChI is InChI=1S/C16H11Cl3N2O/c1-21-6-5-10-11(3-2-4-14(10)21)16(22)20-15-12(18)7-9(17)8-13(15)19/h2-8H,1H3,(H,20,22). The quantitative estimate of drug-likeness (QED) is 0.658. The Morgan fingerprint density at radius 2 is 1.77 bits per heavy atom. The van der Waals surface area contributed by atoms with E-state index in [1.165, 1.54) is 12.1 Å². The minimum atomic E-state index is -0.275. The van der Waals surface area contributed by atoms with Crippen molar-refractivity contribution < 1.29 is 4.79 Å². The van der Waals surface area contributed by atoms with Crippen molar-refractivity contribution in [1.29, 1.82) is 0 Å². The molecular weight excluding hydrogens is 343 g/mol. The van der Waals surface area contributed by atoms with Gasteiger partial charge >= 0.3 is 0 Å². The summed E-state index contributed by atoms with van der Waals surface area (Å²) in [6.07, 6.45) is 1.91. The number of benzene rings is 2. The van der Waals surface area contributed by atoms with E-state index in [9.17, 15) is 4.79 Å². The summed E-state index contributed by atoms with van der Waals surface area (Å²) >= 11 is 18.1. The Labute approximate surface area is 142 Å². The van der Waals surface area contributed by atoms with Gasteiger partial charge in [0, 0.05) is 34.7 Å². The molecule has 0 unspecified atom stereocenters.